The second-order valence-corrected chi connectivity index (χ2v) is 12.0. The Morgan fingerprint density at radius 3 is 2.34 bits per heavy atom. The zero-order valence-corrected chi connectivity index (χ0v) is 22.8. The van der Waals surface area contributed by atoms with E-state index >= 15 is 0 Å². The fourth-order valence-electron chi connectivity index (χ4n) is 4.00. The Hall–Kier alpha value is -2.24. The minimum absolute atomic E-state index is 0.101. The van der Waals surface area contributed by atoms with Gasteiger partial charge in [-0.15, -0.1) is 0 Å². The molecule has 2 atom stereocenters. The number of carbonyl (C=O) groups excluding carboxylic acids is 2. The average molecular weight is 600 g/mol. The van der Waals surface area contributed by atoms with E-state index in [9.17, 15) is 18.0 Å². The van der Waals surface area contributed by atoms with Crippen molar-refractivity contribution in [2.75, 3.05) is 4.90 Å². The largest absolute Gasteiger partial charge is 0.298 e. The number of anilines is 2. The van der Waals surface area contributed by atoms with E-state index in [1.807, 2.05) is 24.3 Å². The Balaban J connectivity index is 1.91. The second-order valence-electron chi connectivity index (χ2n) is 8.53. The molecule has 2 aromatic carbocycles. The molecule has 1 aromatic heterocycles. The standard InChI is InChI=1S/C23H21BrCl2N4O4S/c1-13(14(2)31)28-35(33,34)20-12-27-22-29(19-9-17(25)8-18(26)10-19)21(32)23(3,30(20)22)11-15-4-6-16(24)7-5-15/h4-10,12-13,28H,11H2,1-3H3/t13-,23+/m0/s1. The van der Waals surface area contributed by atoms with Crippen LogP contribution in [0.4, 0.5) is 11.6 Å². The van der Waals surface area contributed by atoms with Gasteiger partial charge in [0.05, 0.1) is 17.9 Å². The van der Waals surface area contributed by atoms with E-state index in [0.29, 0.717) is 15.7 Å². The number of imidazole rings is 1. The molecule has 1 aliphatic heterocycles. The van der Waals surface area contributed by atoms with Crippen LogP contribution in [0.3, 0.4) is 0 Å². The van der Waals surface area contributed by atoms with Crippen molar-refractivity contribution in [3.8, 4) is 0 Å². The minimum atomic E-state index is -4.21. The molecule has 0 saturated carbocycles. The summed E-state index contributed by atoms with van der Waals surface area (Å²) in [5.74, 6) is -0.652. The molecule has 0 fully saturated rings. The first-order valence-corrected chi connectivity index (χ1v) is 13.5. The van der Waals surface area contributed by atoms with Gasteiger partial charge in [0.15, 0.2) is 5.03 Å². The van der Waals surface area contributed by atoms with Crippen LogP contribution in [0, 0.1) is 0 Å². The maximum absolute atomic E-state index is 13.9. The molecule has 3 aromatic rings. The lowest BCUT2D eigenvalue weighted by molar-refractivity contribution is -0.124. The molecule has 0 spiro atoms. The Bertz CT molecular complexity index is 1420. The minimum Gasteiger partial charge on any atom is -0.298 e. The molecule has 0 aliphatic carbocycles. The van der Waals surface area contributed by atoms with Crippen LogP contribution in [0.5, 0.6) is 0 Å². The van der Waals surface area contributed by atoms with Gasteiger partial charge in [-0.2, -0.15) is 4.72 Å². The maximum Gasteiger partial charge on any atom is 0.260 e. The van der Waals surface area contributed by atoms with Crippen LogP contribution >= 0.6 is 39.1 Å². The summed E-state index contributed by atoms with van der Waals surface area (Å²) < 4.78 is 31.2. The number of aromatic nitrogens is 2. The molecular formula is C23H21BrCl2N4O4S. The van der Waals surface area contributed by atoms with Crippen molar-refractivity contribution in [1.82, 2.24) is 14.3 Å². The zero-order valence-electron chi connectivity index (χ0n) is 18.9. The molecule has 12 heteroatoms. The maximum atomic E-state index is 13.9. The average Bonchev–Trinajstić information content (AvgIpc) is 3.28. The predicted molar refractivity (Wildman–Crippen MR) is 138 cm³/mol. The summed E-state index contributed by atoms with van der Waals surface area (Å²) >= 11 is 15.8. The molecule has 0 radical (unpaired) electrons. The lowest BCUT2D eigenvalue weighted by atomic mass is 9.92. The van der Waals surface area contributed by atoms with Crippen LogP contribution in [-0.4, -0.2) is 35.7 Å². The van der Waals surface area contributed by atoms with Gasteiger partial charge in [-0.05, 0) is 56.7 Å². The van der Waals surface area contributed by atoms with Crippen molar-refractivity contribution in [1.29, 1.82) is 0 Å². The summed E-state index contributed by atoms with van der Waals surface area (Å²) in [5.41, 5.74) is -0.200. The van der Waals surface area contributed by atoms with Gasteiger partial charge in [-0.25, -0.2) is 18.3 Å². The van der Waals surface area contributed by atoms with Gasteiger partial charge in [-0.1, -0.05) is 51.3 Å². The molecule has 184 valence electrons. The number of Topliss-reactive ketones (excluding diaryl/α,β-unsaturated/α-hetero) is 1. The van der Waals surface area contributed by atoms with Crippen LogP contribution in [0.2, 0.25) is 10.0 Å². The zero-order chi connectivity index (χ0) is 25.7. The number of hydrogen-bond donors (Lipinski definition) is 1. The number of fused-ring (bicyclic) bond motifs is 1. The lowest BCUT2D eigenvalue weighted by Crippen LogP contribution is -2.44. The van der Waals surface area contributed by atoms with Gasteiger partial charge in [0.1, 0.15) is 11.3 Å². The van der Waals surface area contributed by atoms with Gasteiger partial charge < -0.3 is 0 Å². The van der Waals surface area contributed by atoms with E-state index in [1.54, 1.807) is 19.1 Å². The number of rotatable bonds is 7. The number of ketones is 1. The molecular weight excluding hydrogens is 579 g/mol. The number of benzene rings is 2. The molecule has 8 nitrogen and oxygen atoms in total. The quantitative estimate of drug-likeness (QED) is 0.418. The van der Waals surface area contributed by atoms with Crippen molar-refractivity contribution in [2.45, 2.75) is 43.8 Å². The summed E-state index contributed by atoms with van der Waals surface area (Å²) in [4.78, 5) is 31.3. The number of amides is 1. The monoisotopic (exact) mass is 598 g/mol. The van der Waals surface area contributed by atoms with Gasteiger partial charge in [0.2, 0.25) is 5.95 Å². The number of nitrogens with one attached hydrogen (secondary N) is 1. The first-order chi connectivity index (χ1) is 16.3. The van der Waals surface area contributed by atoms with E-state index in [4.69, 9.17) is 23.2 Å². The Kier molecular flexibility index (Phi) is 6.89. The van der Waals surface area contributed by atoms with Crippen LogP contribution in [0.25, 0.3) is 0 Å². The Morgan fingerprint density at radius 2 is 1.77 bits per heavy atom. The number of nitrogens with zero attached hydrogens (tertiary/aromatic N) is 3. The third-order valence-corrected chi connectivity index (χ3v) is 8.32. The molecule has 1 amide bonds. The Morgan fingerprint density at radius 1 is 1.17 bits per heavy atom. The predicted octanol–water partition coefficient (Wildman–Crippen LogP) is 4.84. The smallest absolute Gasteiger partial charge is 0.260 e. The van der Waals surface area contributed by atoms with Crippen molar-refractivity contribution in [3.63, 3.8) is 0 Å². The molecule has 35 heavy (non-hydrogen) atoms. The number of halogens is 3. The molecule has 2 heterocycles. The van der Waals surface area contributed by atoms with Gasteiger partial charge in [-0.3, -0.25) is 14.2 Å². The van der Waals surface area contributed by atoms with Crippen molar-refractivity contribution < 1.29 is 18.0 Å². The van der Waals surface area contributed by atoms with Crippen LogP contribution in [0.15, 0.2) is 58.2 Å². The first kappa shape index (κ1) is 25.8. The SMILES string of the molecule is CC(=O)[C@H](C)NS(=O)(=O)c1cnc2n1[C@](C)(Cc1ccc(Br)cc1)C(=O)N2c1cc(Cl)cc(Cl)c1. The van der Waals surface area contributed by atoms with Crippen molar-refractivity contribution in [2.24, 2.45) is 0 Å². The number of hydrogen-bond acceptors (Lipinski definition) is 5. The molecule has 1 N–H and O–H groups in total. The van der Waals surface area contributed by atoms with Crippen molar-refractivity contribution in [3.05, 3.63) is 68.7 Å². The topological polar surface area (TPSA) is 101 Å². The summed E-state index contributed by atoms with van der Waals surface area (Å²) in [6.45, 7) is 4.40. The summed E-state index contributed by atoms with van der Waals surface area (Å²) in [7, 11) is -4.21. The number of sulfonamides is 1. The lowest BCUT2D eigenvalue weighted by Gasteiger charge is -2.27. The molecule has 0 saturated heterocycles. The summed E-state index contributed by atoms with van der Waals surface area (Å²) in [5, 5.41) is 0.388. The van der Waals surface area contributed by atoms with E-state index in [2.05, 4.69) is 25.6 Å². The van der Waals surface area contributed by atoms with Gasteiger partial charge in [0, 0.05) is 20.9 Å². The van der Waals surface area contributed by atoms with E-state index in [0.717, 1.165) is 10.0 Å². The van der Waals surface area contributed by atoms with Gasteiger partial charge >= 0.3 is 0 Å². The third-order valence-electron chi connectivity index (χ3n) is 5.85. The second kappa shape index (κ2) is 9.33. The van der Waals surface area contributed by atoms with Crippen LogP contribution < -0.4 is 9.62 Å². The Labute approximate surface area is 221 Å². The van der Waals surface area contributed by atoms with E-state index in [1.165, 1.54) is 35.6 Å². The normalized spacial score (nSPS) is 18.6. The van der Waals surface area contributed by atoms with Crippen molar-refractivity contribution >= 4 is 72.5 Å². The first-order valence-electron chi connectivity index (χ1n) is 10.5. The number of carbonyl (C=O) groups is 2. The summed E-state index contributed by atoms with van der Waals surface area (Å²) in [6.07, 6.45) is 1.36. The highest BCUT2D eigenvalue weighted by Gasteiger charge is 2.52. The highest BCUT2D eigenvalue weighted by Crippen LogP contribution is 2.44. The molecule has 0 bridgehead atoms. The third kappa shape index (κ3) is 4.77. The molecule has 4 rings (SSSR count). The highest BCUT2D eigenvalue weighted by atomic mass is 79.9. The van der Waals surface area contributed by atoms with Crippen LogP contribution in [-0.2, 0) is 31.6 Å². The van der Waals surface area contributed by atoms with Gasteiger partial charge in [0.25, 0.3) is 15.9 Å². The highest BCUT2D eigenvalue weighted by molar-refractivity contribution is 9.10. The van der Waals surface area contributed by atoms with E-state index < -0.39 is 27.5 Å². The fraction of sp³-hybridized carbons (Fsp3) is 0.261. The molecule has 1 aliphatic rings. The van der Waals surface area contributed by atoms with Crippen LogP contribution in [0.1, 0.15) is 26.3 Å². The van der Waals surface area contributed by atoms with E-state index in [-0.39, 0.29) is 23.2 Å². The molecule has 0 unspecified atom stereocenters. The fourth-order valence-corrected chi connectivity index (χ4v) is 6.24. The summed E-state index contributed by atoms with van der Waals surface area (Å²) in [6, 6.07) is 11.1.